The van der Waals surface area contributed by atoms with Gasteiger partial charge >= 0.3 is 0 Å². The number of benzene rings is 1. The van der Waals surface area contributed by atoms with Crippen LogP contribution >= 0.6 is 11.8 Å². The Hall–Kier alpha value is -2.60. The lowest BCUT2D eigenvalue weighted by atomic mass is 10.1. The molecule has 1 amide bonds. The summed E-state index contributed by atoms with van der Waals surface area (Å²) in [4.78, 5) is 28.8. The van der Waals surface area contributed by atoms with Gasteiger partial charge in [0, 0.05) is 30.2 Å². The molecule has 27 heavy (non-hydrogen) atoms. The number of nitrogens with one attached hydrogen (secondary N) is 1. The number of carbonyl (C=O) groups excluding carboxylic acids is 1. The zero-order valence-corrected chi connectivity index (χ0v) is 16.3. The Morgan fingerprint density at radius 3 is 2.78 bits per heavy atom. The summed E-state index contributed by atoms with van der Waals surface area (Å²) < 4.78 is 1.56. The van der Waals surface area contributed by atoms with E-state index in [2.05, 4.69) is 10.3 Å². The van der Waals surface area contributed by atoms with E-state index < -0.39 is 0 Å². The van der Waals surface area contributed by atoms with E-state index in [0.717, 1.165) is 16.8 Å². The molecule has 0 aliphatic carbocycles. The minimum atomic E-state index is -0.0753. The van der Waals surface area contributed by atoms with Gasteiger partial charge in [0.2, 0.25) is 5.91 Å². The molecular weight excluding hydrogens is 358 g/mol. The number of carbonyl (C=O) groups is 1. The normalized spacial score (nSPS) is 12.1. The summed E-state index contributed by atoms with van der Waals surface area (Å²) in [7, 11) is 0. The van der Waals surface area contributed by atoms with Gasteiger partial charge in [0.15, 0.2) is 0 Å². The number of hydrogen-bond acceptors (Lipinski definition) is 4. The highest BCUT2D eigenvalue weighted by Gasteiger charge is 2.09. The molecule has 1 N–H and O–H groups in total. The minimum absolute atomic E-state index is 0.00522. The second kappa shape index (κ2) is 8.86. The Morgan fingerprint density at radius 1 is 1.22 bits per heavy atom. The Morgan fingerprint density at radius 2 is 2.00 bits per heavy atom. The van der Waals surface area contributed by atoms with Crippen molar-refractivity contribution in [3.05, 3.63) is 81.9 Å². The molecule has 6 heteroatoms. The monoisotopic (exact) mass is 381 g/mol. The summed E-state index contributed by atoms with van der Waals surface area (Å²) in [6, 6.07) is 15.3. The molecule has 0 saturated carbocycles. The molecule has 5 nitrogen and oxygen atoms in total. The molecule has 0 spiro atoms. The van der Waals surface area contributed by atoms with Crippen LogP contribution in [-0.2, 0) is 10.5 Å². The van der Waals surface area contributed by atoms with Gasteiger partial charge in [-0.2, -0.15) is 11.8 Å². The second-order valence-electron chi connectivity index (χ2n) is 6.52. The third kappa shape index (κ3) is 5.20. The molecule has 2 aromatic heterocycles. The summed E-state index contributed by atoms with van der Waals surface area (Å²) in [6.45, 7) is 3.92. The molecule has 0 unspecified atom stereocenters. The lowest BCUT2D eigenvalue weighted by Gasteiger charge is -2.14. The average Bonchev–Trinajstić information content (AvgIpc) is 2.66. The van der Waals surface area contributed by atoms with Gasteiger partial charge < -0.3 is 5.32 Å². The molecule has 0 aliphatic rings. The van der Waals surface area contributed by atoms with Crippen molar-refractivity contribution in [2.45, 2.75) is 32.1 Å². The fraction of sp³-hybridized carbons (Fsp3) is 0.286. The predicted octanol–water partition coefficient (Wildman–Crippen LogP) is 3.50. The van der Waals surface area contributed by atoms with Crippen LogP contribution in [-0.4, -0.2) is 21.0 Å². The number of fused-ring (bicyclic) bond motifs is 1. The lowest BCUT2D eigenvalue weighted by molar-refractivity contribution is -0.121. The van der Waals surface area contributed by atoms with E-state index in [0.29, 0.717) is 23.6 Å². The zero-order chi connectivity index (χ0) is 19.2. The number of aromatic nitrogens is 2. The van der Waals surface area contributed by atoms with Crippen molar-refractivity contribution in [1.29, 1.82) is 0 Å². The van der Waals surface area contributed by atoms with Gasteiger partial charge in [-0.25, -0.2) is 4.98 Å². The maximum absolute atomic E-state index is 12.2. The van der Waals surface area contributed by atoms with E-state index in [9.17, 15) is 9.59 Å². The molecule has 1 aromatic carbocycles. The van der Waals surface area contributed by atoms with Crippen LogP contribution in [0.5, 0.6) is 0 Å². The van der Waals surface area contributed by atoms with Gasteiger partial charge in [-0.1, -0.05) is 36.4 Å². The molecule has 3 rings (SSSR count). The Bertz CT molecular complexity index is 986. The van der Waals surface area contributed by atoms with E-state index in [1.54, 1.807) is 28.4 Å². The Balaban J connectivity index is 1.49. The van der Waals surface area contributed by atoms with E-state index in [4.69, 9.17) is 0 Å². The van der Waals surface area contributed by atoms with Gasteiger partial charge in [-0.3, -0.25) is 14.0 Å². The molecule has 1 atom stereocenters. The van der Waals surface area contributed by atoms with Gasteiger partial charge in [0.1, 0.15) is 5.65 Å². The topological polar surface area (TPSA) is 63.5 Å². The van der Waals surface area contributed by atoms with Gasteiger partial charge in [-0.15, -0.1) is 0 Å². The van der Waals surface area contributed by atoms with Crippen LogP contribution in [0.4, 0.5) is 0 Å². The average molecular weight is 382 g/mol. The molecule has 0 saturated heterocycles. The highest BCUT2D eigenvalue weighted by molar-refractivity contribution is 7.98. The van der Waals surface area contributed by atoms with Crippen molar-refractivity contribution in [1.82, 2.24) is 14.7 Å². The number of thioether (sulfide) groups is 1. The summed E-state index contributed by atoms with van der Waals surface area (Å²) in [6.07, 6.45) is 2.23. The first-order chi connectivity index (χ1) is 13.0. The van der Waals surface area contributed by atoms with Gasteiger partial charge in [0.25, 0.3) is 5.56 Å². The third-order valence-electron chi connectivity index (χ3n) is 4.26. The fourth-order valence-corrected chi connectivity index (χ4v) is 3.64. The maximum Gasteiger partial charge on any atom is 0.258 e. The van der Waals surface area contributed by atoms with E-state index in [-0.39, 0.29) is 17.5 Å². The summed E-state index contributed by atoms with van der Waals surface area (Å²) in [5.41, 5.74) is 3.43. The van der Waals surface area contributed by atoms with Crippen molar-refractivity contribution in [3.63, 3.8) is 0 Å². The van der Waals surface area contributed by atoms with Crippen LogP contribution in [0.1, 0.15) is 36.2 Å². The number of hydrogen-bond donors (Lipinski definition) is 1. The number of rotatable bonds is 7. The highest BCUT2D eigenvalue weighted by atomic mass is 32.2. The van der Waals surface area contributed by atoms with Crippen LogP contribution in [0.2, 0.25) is 0 Å². The fourth-order valence-electron chi connectivity index (χ4n) is 2.81. The van der Waals surface area contributed by atoms with Crippen LogP contribution in [0.15, 0.2) is 59.5 Å². The molecule has 3 aromatic rings. The smallest absolute Gasteiger partial charge is 0.258 e. The minimum Gasteiger partial charge on any atom is -0.350 e. The van der Waals surface area contributed by atoms with E-state index in [1.807, 2.05) is 56.3 Å². The lowest BCUT2D eigenvalue weighted by Crippen LogP contribution is -2.26. The summed E-state index contributed by atoms with van der Waals surface area (Å²) >= 11 is 1.61. The Kier molecular flexibility index (Phi) is 6.29. The van der Waals surface area contributed by atoms with Crippen molar-refractivity contribution in [2.75, 3.05) is 5.75 Å². The number of nitrogens with zero attached hydrogens (tertiary/aromatic N) is 2. The van der Waals surface area contributed by atoms with Crippen molar-refractivity contribution >= 4 is 23.3 Å². The summed E-state index contributed by atoms with van der Waals surface area (Å²) in [5, 5.41) is 3.01. The second-order valence-corrected chi connectivity index (χ2v) is 7.63. The first kappa shape index (κ1) is 19.2. The van der Waals surface area contributed by atoms with Crippen molar-refractivity contribution in [3.8, 4) is 0 Å². The summed E-state index contributed by atoms with van der Waals surface area (Å²) in [5.74, 6) is 1.32. The van der Waals surface area contributed by atoms with Crippen LogP contribution in [0, 0.1) is 6.92 Å². The molecule has 2 heterocycles. The first-order valence-corrected chi connectivity index (χ1v) is 10.1. The Labute approximate surface area is 162 Å². The van der Waals surface area contributed by atoms with Crippen LogP contribution < -0.4 is 10.9 Å². The van der Waals surface area contributed by atoms with E-state index in [1.165, 1.54) is 0 Å². The molecule has 0 bridgehead atoms. The van der Waals surface area contributed by atoms with E-state index >= 15 is 0 Å². The van der Waals surface area contributed by atoms with Crippen LogP contribution in [0.3, 0.4) is 0 Å². The highest BCUT2D eigenvalue weighted by Crippen LogP contribution is 2.14. The number of amides is 1. The molecule has 0 aliphatic heterocycles. The number of pyridine rings is 1. The molecule has 0 radical (unpaired) electrons. The number of aryl methyl sites for hydroxylation is 1. The third-order valence-corrected chi connectivity index (χ3v) is 5.25. The molecule has 0 fully saturated rings. The van der Waals surface area contributed by atoms with Gasteiger partial charge in [-0.05, 0) is 31.0 Å². The standard InChI is InChI=1S/C21H23N3O2S/c1-15-8-9-19-23-18(12-21(26)24(19)13-15)14-27-11-10-20(25)22-16(2)17-6-4-3-5-7-17/h3-9,12-13,16H,10-11,14H2,1-2H3,(H,22,25)/t16-/m0/s1. The first-order valence-electron chi connectivity index (χ1n) is 8.94. The largest absolute Gasteiger partial charge is 0.350 e. The predicted molar refractivity (Wildman–Crippen MR) is 110 cm³/mol. The van der Waals surface area contributed by atoms with Crippen molar-refractivity contribution in [2.24, 2.45) is 0 Å². The quantitative estimate of drug-likeness (QED) is 0.636. The molecule has 140 valence electrons. The maximum atomic E-state index is 12.2. The van der Waals surface area contributed by atoms with Crippen molar-refractivity contribution < 1.29 is 4.79 Å². The zero-order valence-electron chi connectivity index (χ0n) is 15.5. The van der Waals surface area contributed by atoms with Crippen LogP contribution in [0.25, 0.3) is 5.65 Å². The SMILES string of the molecule is Cc1ccc2nc(CSCCC(=O)N[C@@H](C)c3ccccc3)cc(=O)n2c1. The van der Waals surface area contributed by atoms with Gasteiger partial charge in [0.05, 0.1) is 11.7 Å². The molecular formula is C21H23N3O2S.